The molecule has 1 heterocycles. The summed E-state index contributed by atoms with van der Waals surface area (Å²) in [6, 6.07) is 5.36. The standard InChI is InChI=1S/C13H15F2N3O3/c14-13(15)21-10-3-1-9(2-4-10)17-11(19)12(20)18-7-5-16-6-8-18/h1-4,13,16H,5-8H2,(H,17,19). The highest BCUT2D eigenvalue weighted by atomic mass is 19.3. The van der Waals surface area contributed by atoms with Gasteiger partial charge in [-0.25, -0.2) is 0 Å². The van der Waals surface area contributed by atoms with E-state index in [1.165, 1.54) is 29.2 Å². The van der Waals surface area contributed by atoms with Gasteiger partial charge in [0.2, 0.25) is 0 Å². The van der Waals surface area contributed by atoms with E-state index in [2.05, 4.69) is 15.4 Å². The Morgan fingerprint density at radius 1 is 1.19 bits per heavy atom. The van der Waals surface area contributed by atoms with Crippen molar-refractivity contribution in [1.82, 2.24) is 10.2 Å². The van der Waals surface area contributed by atoms with Crippen LogP contribution >= 0.6 is 0 Å². The summed E-state index contributed by atoms with van der Waals surface area (Å²) in [7, 11) is 0. The number of rotatable bonds is 3. The van der Waals surface area contributed by atoms with E-state index in [0.29, 0.717) is 31.9 Å². The van der Waals surface area contributed by atoms with E-state index in [0.717, 1.165) is 0 Å². The van der Waals surface area contributed by atoms with Crippen molar-refractivity contribution in [2.45, 2.75) is 6.61 Å². The molecule has 1 aliphatic rings. The van der Waals surface area contributed by atoms with Crippen LogP contribution in [-0.2, 0) is 9.59 Å². The van der Waals surface area contributed by atoms with Gasteiger partial charge < -0.3 is 20.3 Å². The summed E-state index contributed by atoms with van der Waals surface area (Å²) in [5, 5.41) is 5.51. The van der Waals surface area contributed by atoms with Crippen LogP contribution in [0.2, 0.25) is 0 Å². The molecule has 8 heteroatoms. The summed E-state index contributed by atoms with van der Waals surface area (Å²) in [5.41, 5.74) is 0.338. The topological polar surface area (TPSA) is 70.7 Å². The van der Waals surface area contributed by atoms with Crippen LogP contribution < -0.4 is 15.4 Å². The second kappa shape index (κ2) is 6.98. The number of nitrogens with zero attached hydrogens (tertiary/aromatic N) is 1. The number of carbonyl (C=O) groups is 2. The van der Waals surface area contributed by atoms with E-state index < -0.39 is 18.4 Å². The predicted molar refractivity (Wildman–Crippen MR) is 71.2 cm³/mol. The fraction of sp³-hybridized carbons (Fsp3) is 0.385. The molecule has 0 aromatic heterocycles. The van der Waals surface area contributed by atoms with Crippen molar-refractivity contribution in [1.29, 1.82) is 0 Å². The Labute approximate surface area is 120 Å². The molecule has 1 saturated heterocycles. The van der Waals surface area contributed by atoms with Crippen LogP contribution in [-0.4, -0.2) is 49.5 Å². The molecule has 21 heavy (non-hydrogen) atoms. The maximum atomic E-state index is 12.0. The molecule has 1 aliphatic heterocycles. The first-order chi connectivity index (χ1) is 10.1. The highest BCUT2D eigenvalue weighted by molar-refractivity contribution is 6.39. The number of benzene rings is 1. The maximum absolute atomic E-state index is 12.0. The number of halogens is 2. The van der Waals surface area contributed by atoms with Gasteiger partial charge in [0.15, 0.2) is 0 Å². The summed E-state index contributed by atoms with van der Waals surface area (Å²) < 4.78 is 28.2. The van der Waals surface area contributed by atoms with Crippen LogP contribution in [0.5, 0.6) is 5.75 Å². The number of hydrogen-bond acceptors (Lipinski definition) is 4. The van der Waals surface area contributed by atoms with Crippen molar-refractivity contribution in [2.24, 2.45) is 0 Å². The van der Waals surface area contributed by atoms with E-state index in [1.54, 1.807) is 0 Å². The van der Waals surface area contributed by atoms with Gasteiger partial charge in [-0.3, -0.25) is 9.59 Å². The second-order valence-corrected chi connectivity index (χ2v) is 4.40. The largest absolute Gasteiger partial charge is 0.435 e. The third kappa shape index (κ3) is 4.38. The fourth-order valence-corrected chi connectivity index (χ4v) is 1.92. The molecule has 0 atom stereocenters. The third-order valence-electron chi connectivity index (χ3n) is 2.94. The molecule has 2 N–H and O–H groups in total. The Morgan fingerprint density at radius 3 is 2.38 bits per heavy atom. The lowest BCUT2D eigenvalue weighted by Crippen LogP contribution is -2.49. The SMILES string of the molecule is O=C(Nc1ccc(OC(F)F)cc1)C(=O)N1CCNCC1. The lowest BCUT2D eigenvalue weighted by Gasteiger charge is -2.26. The molecule has 2 amide bonds. The van der Waals surface area contributed by atoms with Crippen molar-refractivity contribution >= 4 is 17.5 Å². The highest BCUT2D eigenvalue weighted by Crippen LogP contribution is 2.17. The van der Waals surface area contributed by atoms with Crippen molar-refractivity contribution in [2.75, 3.05) is 31.5 Å². The first-order valence-corrected chi connectivity index (χ1v) is 6.42. The van der Waals surface area contributed by atoms with Gasteiger partial charge in [0.25, 0.3) is 0 Å². The second-order valence-electron chi connectivity index (χ2n) is 4.40. The zero-order valence-electron chi connectivity index (χ0n) is 11.1. The molecule has 1 aromatic carbocycles. The Morgan fingerprint density at radius 2 is 1.81 bits per heavy atom. The zero-order chi connectivity index (χ0) is 15.2. The number of alkyl halides is 2. The number of piperazine rings is 1. The molecular formula is C13H15F2N3O3. The Bertz CT molecular complexity index is 502. The molecule has 0 spiro atoms. The van der Waals surface area contributed by atoms with E-state index >= 15 is 0 Å². The quantitative estimate of drug-likeness (QED) is 0.804. The molecule has 0 unspecified atom stereocenters. The summed E-state index contributed by atoms with van der Waals surface area (Å²) in [6.45, 7) is -0.641. The molecule has 1 aromatic rings. The fourth-order valence-electron chi connectivity index (χ4n) is 1.92. The highest BCUT2D eigenvalue weighted by Gasteiger charge is 2.23. The third-order valence-corrected chi connectivity index (χ3v) is 2.94. The number of hydrogen-bond donors (Lipinski definition) is 2. The smallest absolute Gasteiger partial charge is 0.387 e. The molecule has 0 aliphatic carbocycles. The first kappa shape index (κ1) is 15.2. The first-order valence-electron chi connectivity index (χ1n) is 6.42. The van der Waals surface area contributed by atoms with Crippen LogP contribution in [0.1, 0.15) is 0 Å². The van der Waals surface area contributed by atoms with E-state index in [1.807, 2.05) is 0 Å². The van der Waals surface area contributed by atoms with Crippen LogP contribution in [0.25, 0.3) is 0 Å². The normalized spacial score (nSPS) is 14.9. The van der Waals surface area contributed by atoms with Gasteiger partial charge in [0, 0.05) is 31.9 Å². The maximum Gasteiger partial charge on any atom is 0.387 e. The number of anilines is 1. The molecule has 0 radical (unpaired) electrons. The minimum Gasteiger partial charge on any atom is -0.435 e. The van der Waals surface area contributed by atoms with Crippen LogP contribution in [0.15, 0.2) is 24.3 Å². The van der Waals surface area contributed by atoms with Crippen molar-refractivity contribution < 1.29 is 23.1 Å². The molecular weight excluding hydrogens is 284 g/mol. The molecule has 0 bridgehead atoms. The lowest BCUT2D eigenvalue weighted by molar-refractivity contribution is -0.143. The zero-order valence-corrected chi connectivity index (χ0v) is 11.1. The molecule has 6 nitrogen and oxygen atoms in total. The average Bonchev–Trinajstić information content (AvgIpc) is 2.49. The van der Waals surface area contributed by atoms with Gasteiger partial charge >= 0.3 is 18.4 Å². The summed E-state index contributed by atoms with van der Waals surface area (Å²) in [4.78, 5) is 25.1. The minimum atomic E-state index is -2.90. The van der Waals surface area contributed by atoms with Gasteiger partial charge in [-0.1, -0.05) is 0 Å². The van der Waals surface area contributed by atoms with Gasteiger partial charge in [0.1, 0.15) is 5.75 Å². The summed E-state index contributed by atoms with van der Waals surface area (Å²) >= 11 is 0. The van der Waals surface area contributed by atoms with Gasteiger partial charge in [-0.15, -0.1) is 0 Å². The van der Waals surface area contributed by atoms with Gasteiger partial charge in [-0.05, 0) is 24.3 Å². The predicted octanol–water partition coefficient (Wildman–Crippen LogP) is 0.658. The van der Waals surface area contributed by atoms with Crippen molar-refractivity contribution in [3.05, 3.63) is 24.3 Å². The molecule has 1 fully saturated rings. The van der Waals surface area contributed by atoms with E-state index in [4.69, 9.17) is 0 Å². The Hall–Kier alpha value is -2.22. The van der Waals surface area contributed by atoms with E-state index in [9.17, 15) is 18.4 Å². The Balaban J connectivity index is 1.91. The number of ether oxygens (including phenoxy) is 1. The molecule has 2 rings (SSSR count). The number of carbonyl (C=O) groups excluding carboxylic acids is 2. The van der Waals surface area contributed by atoms with Crippen molar-refractivity contribution in [3.63, 3.8) is 0 Å². The average molecular weight is 299 g/mol. The van der Waals surface area contributed by atoms with Crippen LogP contribution in [0.3, 0.4) is 0 Å². The van der Waals surface area contributed by atoms with E-state index in [-0.39, 0.29) is 5.75 Å². The van der Waals surface area contributed by atoms with Crippen LogP contribution in [0, 0.1) is 0 Å². The minimum absolute atomic E-state index is 0.0172. The van der Waals surface area contributed by atoms with Crippen molar-refractivity contribution in [3.8, 4) is 5.75 Å². The monoisotopic (exact) mass is 299 g/mol. The number of amides is 2. The Kier molecular flexibility index (Phi) is 5.04. The number of nitrogens with one attached hydrogen (secondary N) is 2. The summed E-state index contributed by atoms with van der Waals surface area (Å²) in [6.07, 6.45) is 0. The summed E-state index contributed by atoms with van der Waals surface area (Å²) in [5.74, 6) is -1.37. The van der Waals surface area contributed by atoms with Crippen LogP contribution in [0.4, 0.5) is 14.5 Å². The molecule has 0 saturated carbocycles. The van der Waals surface area contributed by atoms with Gasteiger partial charge in [0.05, 0.1) is 0 Å². The lowest BCUT2D eigenvalue weighted by atomic mass is 10.3. The molecule has 114 valence electrons. The van der Waals surface area contributed by atoms with Gasteiger partial charge in [-0.2, -0.15) is 8.78 Å².